The van der Waals surface area contributed by atoms with Crippen LogP contribution >= 0.6 is 11.6 Å². The van der Waals surface area contributed by atoms with Crippen molar-refractivity contribution >= 4 is 23.1 Å². The van der Waals surface area contributed by atoms with E-state index in [9.17, 15) is 4.39 Å². The molecular weight excluding hydrogens is 267 g/mol. The Balaban J connectivity index is 2.23. The molecule has 0 saturated carbocycles. The molecule has 0 amide bonds. The predicted molar refractivity (Wildman–Crippen MR) is 74.9 cm³/mol. The van der Waals surface area contributed by atoms with Gasteiger partial charge in [0.15, 0.2) is 0 Å². The quantitative estimate of drug-likeness (QED) is 0.660. The van der Waals surface area contributed by atoms with Crippen LogP contribution in [-0.4, -0.2) is 12.9 Å². The zero-order valence-corrected chi connectivity index (χ0v) is 11.0. The van der Waals surface area contributed by atoms with E-state index < -0.39 is 5.82 Å². The number of para-hydroxylation sites is 1. The normalized spacial score (nSPS) is 10.1. The Kier molecular flexibility index (Phi) is 4.02. The van der Waals surface area contributed by atoms with Crippen LogP contribution in [0.2, 0.25) is 5.02 Å². The summed E-state index contributed by atoms with van der Waals surface area (Å²) in [6, 6.07) is 11.4. The fraction of sp³-hybridized carbons (Fsp3) is 0.0714. The first-order chi connectivity index (χ1) is 9.11. The molecule has 0 aliphatic rings. The van der Waals surface area contributed by atoms with Crippen molar-refractivity contribution in [2.75, 3.05) is 12.4 Å². The lowest BCUT2D eigenvalue weighted by molar-refractivity contribution is 0.414. The average molecular weight is 279 g/mol. The van der Waals surface area contributed by atoms with Crippen molar-refractivity contribution in [2.24, 2.45) is 0 Å². The third kappa shape index (κ3) is 3.03. The number of anilines is 1. The molecule has 19 heavy (non-hydrogen) atoms. The Bertz CT molecular complexity index is 616. The highest BCUT2D eigenvalue weighted by Gasteiger charge is 2.09. The van der Waals surface area contributed by atoms with Gasteiger partial charge in [-0.3, -0.25) is 5.41 Å². The fourth-order valence-electron chi connectivity index (χ4n) is 1.64. The molecule has 0 aliphatic carbocycles. The first kappa shape index (κ1) is 13.4. The SMILES string of the molecule is COc1ccccc1C(=N)Nc1ccc(F)c(Cl)c1. The fourth-order valence-corrected chi connectivity index (χ4v) is 1.82. The summed E-state index contributed by atoms with van der Waals surface area (Å²) >= 11 is 5.69. The molecule has 98 valence electrons. The number of benzene rings is 2. The Morgan fingerprint density at radius 3 is 2.68 bits per heavy atom. The average Bonchev–Trinajstić information content (AvgIpc) is 2.43. The van der Waals surface area contributed by atoms with E-state index in [1.165, 1.54) is 18.2 Å². The zero-order chi connectivity index (χ0) is 13.8. The Morgan fingerprint density at radius 1 is 1.26 bits per heavy atom. The standard InChI is InChI=1S/C14H12ClFN2O/c1-19-13-5-3-2-4-10(13)14(17)18-9-6-7-12(16)11(15)8-9/h2-8H,1H3,(H2,17,18). The molecule has 0 aromatic heterocycles. The van der Waals surface area contributed by atoms with Crippen molar-refractivity contribution in [1.29, 1.82) is 5.41 Å². The highest BCUT2D eigenvalue weighted by molar-refractivity contribution is 6.31. The van der Waals surface area contributed by atoms with E-state index in [1.807, 2.05) is 12.1 Å². The second-order valence-corrected chi connectivity index (χ2v) is 4.24. The molecule has 2 aromatic carbocycles. The van der Waals surface area contributed by atoms with Gasteiger partial charge in [0, 0.05) is 5.69 Å². The van der Waals surface area contributed by atoms with Gasteiger partial charge in [0.25, 0.3) is 0 Å². The minimum absolute atomic E-state index is 0.0119. The van der Waals surface area contributed by atoms with E-state index in [1.54, 1.807) is 19.2 Å². The van der Waals surface area contributed by atoms with Gasteiger partial charge >= 0.3 is 0 Å². The van der Waals surface area contributed by atoms with Crippen LogP contribution in [-0.2, 0) is 0 Å². The van der Waals surface area contributed by atoms with Crippen LogP contribution in [0.4, 0.5) is 10.1 Å². The molecule has 0 saturated heterocycles. The smallest absolute Gasteiger partial charge is 0.141 e. The molecule has 3 nitrogen and oxygen atoms in total. The summed E-state index contributed by atoms with van der Waals surface area (Å²) < 4.78 is 18.2. The molecule has 5 heteroatoms. The molecule has 2 aromatic rings. The van der Waals surface area contributed by atoms with Gasteiger partial charge < -0.3 is 10.1 Å². The van der Waals surface area contributed by atoms with Crippen molar-refractivity contribution in [2.45, 2.75) is 0 Å². The number of methoxy groups -OCH3 is 1. The predicted octanol–water partition coefficient (Wildman–Crippen LogP) is 3.93. The van der Waals surface area contributed by atoms with Gasteiger partial charge in [0.1, 0.15) is 17.4 Å². The summed E-state index contributed by atoms with van der Waals surface area (Å²) in [5.74, 6) is 0.254. The second kappa shape index (κ2) is 5.71. The second-order valence-electron chi connectivity index (χ2n) is 3.83. The minimum Gasteiger partial charge on any atom is -0.496 e. The molecule has 0 spiro atoms. The maximum absolute atomic E-state index is 13.0. The van der Waals surface area contributed by atoms with Crippen LogP contribution in [0.5, 0.6) is 5.75 Å². The van der Waals surface area contributed by atoms with Crippen LogP contribution < -0.4 is 10.1 Å². The molecule has 0 fully saturated rings. The topological polar surface area (TPSA) is 45.1 Å². The van der Waals surface area contributed by atoms with E-state index in [-0.39, 0.29) is 10.9 Å². The summed E-state index contributed by atoms with van der Waals surface area (Å²) in [6.45, 7) is 0. The van der Waals surface area contributed by atoms with E-state index in [0.717, 1.165) is 0 Å². The lowest BCUT2D eigenvalue weighted by Gasteiger charge is -2.11. The largest absolute Gasteiger partial charge is 0.496 e. The highest BCUT2D eigenvalue weighted by atomic mass is 35.5. The number of halogens is 2. The Labute approximate surface area is 115 Å². The van der Waals surface area contributed by atoms with Gasteiger partial charge in [0.05, 0.1) is 17.7 Å². The van der Waals surface area contributed by atoms with Crippen LogP contribution in [0.25, 0.3) is 0 Å². The van der Waals surface area contributed by atoms with Crippen molar-refractivity contribution in [1.82, 2.24) is 0 Å². The first-order valence-electron chi connectivity index (χ1n) is 5.56. The van der Waals surface area contributed by atoms with E-state index in [0.29, 0.717) is 17.0 Å². The lowest BCUT2D eigenvalue weighted by Crippen LogP contribution is -2.13. The molecule has 0 radical (unpaired) electrons. The molecule has 0 atom stereocenters. The number of ether oxygens (including phenoxy) is 1. The molecule has 0 aliphatic heterocycles. The first-order valence-corrected chi connectivity index (χ1v) is 5.93. The summed E-state index contributed by atoms with van der Waals surface area (Å²) in [7, 11) is 1.54. The summed E-state index contributed by atoms with van der Waals surface area (Å²) in [4.78, 5) is 0. The molecule has 0 heterocycles. The van der Waals surface area contributed by atoms with E-state index in [2.05, 4.69) is 5.32 Å². The third-order valence-electron chi connectivity index (χ3n) is 2.57. The van der Waals surface area contributed by atoms with Gasteiger partial charge in [-0.1, -0.05) is 23.7 Å². The van der Waals surface area contributed by atoms with Crippen molar-refractivity contribution in [3.8, 4) is 5.75 Å². The van der Waals surface area contributed by atoms with Crippen LogP contribution in [0.3, 0.4) is 0 Å². The monoisotopic (exact) mass is 278 g/mol. The number of rotatable bonds is 3. The van der Waals surface area contributed by atoms with Gasteiger partial charge in [-0.05, 0) is 30.3 Å². The van der Waals surface area contributed by atoms with Crippen LogP contribution in [0.1, 0.15) is 5.56 Å². The van der Waals surface area contributed by atoms with Gasteiger partial charge in [-0.25, -0.2) is 4.39 Å². The number of nitrogens with one attached hydrogen (secondary N) is 2. The summed E-state index contributed by atoms with van der Waals surface area (Å²) in [5.41, 5.74) is 1.16. The summed E-state index contributed by atoms with van der Waals surface area (Å²) in [5, 5.41) is 10.9. The third-order valence-corrected chi connectivity index (χ3v) is 2.85. The van der Waals surface area contributed by atoms with Crippen molar-refractivity contribution in [3.05, 3.63) is 58.9 Å². The Hall–Kier alpha value is -2.07. The van der Waals surface area contributed by atoms with Gasteiger partial charge in [-0.2, -0.15) is 0 Å². The maximum Gasteiger partial charge on any atom is 0.141 e. The number of hydrogen-bond donors (Lipinski definition) is 2. The highest BCUT2D eigenvalue weighted by Crippen LogP contribution is 2.22. The maximum atomic E-state index is 13.0. The van der Waals surface area contributed by atoms with Gasteiger partial charge in [0.2, 0.25) is 0 Å². The zero-order valence-electron chi connectivity index (χ0n) is 10.2. The van der Waals surface area contributed by atoms with Crippen LogP contribution in [0, 0.1) is 11.2 Å². The molecule has 2 N–H and O–H groups in total. The minimum atomic E-state index is -0.490. The Morgan fingerprint density at radius 2 is 2.00 bits per heavy atom. The molecular formula is C14H12ClFN2O. The van der Waals surface area contributed by atoms with Crippen molar-refractivity contribution < 1.29 is 9.13 Å². The molecule has 0 bridgehead atoms. The molecule has 0 unspecified atom stereocenters. The van der Waals surface area contributed by atoms with E-state index in [4.69, 9.17) is 21.7 Å². The number of hydrogen-bond acceptors (Lipinski definition) is 2. The van der Waals surface area contributed by atoms with Crippen LogP contribution in [0.15, 0.2) is 42.5 Å². The summed E-state index contributed by atoms with van der Waals surface area (Å²) in [6.07, 6.45) is 0. The lowest BCUT2D eigenvalue weighted by atomic mass is 10.1. The molecule has 2 rings (SSSR count). The number of amidine groups is 1. The van der Waals surface area contributed by atoms with Crippen molar-refractivity contribution in [3.63, 3.8) is 0 Å². The van der Waals surface area contributed by atoms with Gasteiger partial charge in [-0.15, -0.1) is 0 Å². The van der Waals surface area contributed by atoms with E-state index >= 15 is 0 Å².